The molecule has 1 atom stereocenters. The van der Waals surface area contributed by atoms with Gasteiger partial charge in [-0.05, 0) is 36.6 Å². The van der Waals surface area contributed by atoms with Crippen LogP contribution in [-0.4, -0.2) is 10.7 Å². The molecule has 0 radical (unpaired) electrons. The van der Waals surface area contributed by atoms with Crippen LogP contribution in [0.1, 0.15) is 35.2 Å². The average molecular weight is 268 g/mol. The third kappa shape index (κ3) is 1.99. The van der Waals surface area contributed by atoms with E-state index < -0.39 is 0 Å². The summed E-state index contributed by atoms with van der Waals surface area (Å²) >= 11 is 0. The molecule has 0 saturated carbocycles. The van der Waals surface area contributed by atoms with Crippen LogP contribution in [0.5, 0.6) is 0 Å². The first kappa shape index (κ1) is 12.9. The highest BCUT2D eigenvalue weighted by Crippen LogP contribution is 2.31. The molecule has 0 fully saturated rings. The number of hydrogen-bond acceptors (Lipinski definition) is 1. The van der Waals surface area contributed by atoms with Gasteiger partial charge in [-0.3, -0.25) is 5.41 Å². The van der Waals surface area contributed by atoms with Crippen LogP contribution in [-0.2, 0) is 6.54 Å². The molecule has 1 unspecified atom stereocenters. The van der Waals surface area contributed by atoms with Gasteiger partial charge in [0.2, 0.25) is 0 Å². The lowest BCUT2D eigenvalue weighted by Gasteiger charge is -2.26. The van der Waals surface area contributed by atoms with E-state index in [-0.39, 0.29) is 11.9 Å². The molecule has 0 aromatic heterocycles. The largest absolute Gasteiger partial charge is 0.345 e. The number of hydrogen-bond donors (Lipinski definition) is 1. The Morgan fingerprint density at radius 2 is 1.95 bits per heavy atom. The molecule has 1 aliphatic rings. The second kappa shape index (κ2) is 4.75. The predicted octanol–water partition coefficient (Wildman–Crippen LogP) is 4.04. The van der Waals surface area contributed by atoms with Crippen LogP contribution in [0.4, 0.5) is 4.39 Å². The molecule has 1 aliphatic heterocycles. The first-order chi connectivity index (χ1) is 9.58. The molecule has 0 aliphatic carbocycles. The van der Waals surface area contributed by atoms with Crippen LogP contribution in [0.15, 0.2) is 42.5 Å². The van der Waals surface area contributed by atoms with Crippen molar-refractivity contribution in [3.05, 3.63) is 70.5 Å². The maximum atomic E-state index is 13.7. The lowest BCUT2D eigenvalue weighted by atomic mass is 10.0. The molecule has 2 aromatic carbocycles. The van der Waals surface area contributed by atoms with Crippen LogP contribution in [0.25, 0.3) is 0 Å². The second-order valence-electron chi connectivity index (χ2n) is 5.32. The van der Waals surface area contributed by atoms with Gasteiger partial charge in [-0.25, -0.2) is 4.39 Å². The fourth-order valence-corrected chi connectivity index (χ4v) is 2.69. The summed E-state index contributed by atoms with van der Waals surface area (Å²) in [6.07, 6.45) is 0. The molecule has 0 saturated heterocycles. The minimum Gasteiger partial charge on any atom is -0.345 e. The number of halogens is 1. The van der Waals surface area contributed by atoms with Crippen molar-refractivity contribution < 1.29 is 4.39 Å². The highest BCUT2D eigenvalue weighted by atomic mass is 19.1. The minimum atomic E-state index is -0.183. The Labute approximate surface area is 118 Å². The van der Waals surface area contributed by atoms with E-state index >= 15 is 0 Å². The molecule has 1 N–H and O–H groups in total. The molecule has 3 rings (SSSR count). The lowest BCUT2D eigenvalue weighted by Crippen LogP contribution is -2.27. The summed E-state index contributed by atoms with van der Waals surface area (Å²) in [5.41, 5.74) is 3.70. The van der Waals surface area contributed by atoms with Gasteiger partial charge in [0.1, 0.15) is 11.7 Å². The zero-order valence-corrected chi connectivity index (χ0v) is 11.7. The van der Waals surface area contributed by atoms with Gasteiger partial charge in [0.05, 0.1) is 6.04 Å². The van der Waals surface area contributed by atoms with E-state index in [1.165, 1.54) is 0 Å². The van der Waals surface area contributed by atoms with E-state index in [4.69, 9.17) is 5.41 Å². The lowest BCUT2D eigenvalue weighted by molar-refractivity contribution is 0.340. The molecule has 0 spiro atoms. The third-order valence-electron chi connectivity index (χ3n) is 4.05. The number of amidine groups is 1. The molecule has 0 amide bonds. The average Bonchev–Trinajstić information content (AvgIpc) is 2.79. The van der Waals surface area contributed by atoms with Crippen molar-refractivity contribution in [3.8, 4) is 0 Å². The molecule has 2 aromatic rings. The monoisotopic (exact) mass is 268 g/mol. The normalized spacial score (nSPS) is 15.3. The molecule has 1 heterocycles. The number of fused-ring (bicyclic) bond motifs is 1. The maximum absolute atomic E-state index is 13.7. The Balaban J connectivity index is 1.91. The second-order valence-corrected chi connectivity index (χ2v) is 5.32. The van der Waals surface area contributed by atoms with Crippen molar-refractivity contribution in [2.75, 3.05) is 0 Å². The van der Waals surface area contributed by atoms with E-state index in [2.05, 4.69) is 0 Å². The van der Waals surface area contributed by atoms with Crippen molar-refractivity contribution in [1.82, 2.24) is 4.90 Å². The van der Waals surface area contributed by atoms with Gasteiger partial charge in [0.25, 0.3) is 0 Å². The molecule has 2 nitrogen and oxygen atoms in total. The number of benzene rings is 2. The van der Waals surface area contributed by atoms with Gasteiger partial charge >= 0.3 is 0 Å². The van der Waals surface area contributed by atoms with E-state index in [1.807, 2.05) is 42.2 Å². The fourth-order valence-electron chi connectivity index (χ4n) is 2.69. The molecular formula is C17H17FN2. The Morgan fingerprint density at radius 1 is 1.20 bits per heavy atom. The van der Waals surface area contributed by atoms with Gasteiger partial charge in [-0.15, -0.1) is 0 Å². The van der Waals surface area contributed by atoms with Gasteiger partial charge in [-0.1, -0.05) is 36.4 Å². The Kier molecular flexibility index (Phi) is 3.05. The number of aryl methyl sites for hydroxylation is 1. The zero-order valence-electron chi connectivity index (χ0n) is 11.7. The summed E-state index contributed by atoms with van der Waals surface area (Å²) in [4.78, 5) is 2.01. The Morgan fingerprint density at radius 3 is 2.65 bits per heavy atom. The summed E-state index contributed by atoms with van der Waals surface area (Å²) in [6, 6.07) is 13.3. The van der Waals surface area contributed by atoms with E-state index in [9.17, 15) is 4.39 Å². The summed E-state index contributed by atoms with van der Waals surface area (Å²) in [6.45, 7) is 4.49. The Hall–Kier alpha value is -2.16. The van der Waals surface area contributed by atoms with Crippen molar-refractivity contribution >= 4 is 5.84 Å². The van der Waals surface area contributed by atoms with Crippen molar-refractivity contribution in [1.29, 1.82) is 5.41 Å². The van der Waals surface area contributed by atoms with E-state index in [1.54, 1.807) is 19.1 Å². The molecule has 102 valence electrons. The molecule has 20 heavy (non-hydrogen) atoms. The third-order valence-corrected chi connectivity index (χ3v) is 4.05. The van der Waals surface area contributed by atoms with Crippen LogP contribution < -0.4 is 0 Å². The minimum absolute atomic E-state index is 0.00926. The summed E-state index contributed by atoms with van der Waals surface area (Å²) < 4.78 is 13.7. The summed E-state index contributed by atoms with van der Waals surface area (Å²) in [5.74, 6) is 0.340. The van der Waals surface area contributed by atoms with Gasteiger partial charge < -0.3 is 4.90 Å². The van der Waals surface area contributed by atoms with Crippen LogP contribution in [0.3, 0.4) is 0 Å². The number of nitrogens with one attached hydrogen (secondary N) is 1. The van der Waals surface area contributed by atoms with Crippen LogP contribution >= 0.6 is 0 Å². The maximum Gasteiger partial charge on any atom is 0.129 e. The smallest absolute Gasteiger partial charge is 0.129 e. The van der Waals surface area contributed by atoms with Crippen LogP contribution in [0.2, 0.25) is 0 Å². The number of rotatable bonds is 2. The van der Waals surface area contributed by atoms with Gasteiger partial charge in [-0.2, -0.15) is 0 Å². The quantitative estimate of drug-likeness (QED) is 0.874. The van der Waals surface area contributed by atoms with Crippen molar-refractivity contribution in [3.63, 3.8) is 0 Å². The van der Waals surface area contributed by atoms with Gasteiger partial charge in [0.15, 0.2) is 0 Å². The standard InChI is InChI=1S/C17H17FN2/c1-11-7-8-13(9-16(11)18)12(2)20-10-14-5-3-4-6-15(14)17(20)19/h3-9,12,19H,10H2,1-2H3. The zero-order chi connectivity index (χ0) is 14.3. The number of nitrogens with zero attached hydrogens (tertiary/aromatic N) is 1. The molecule has 3 heteroatoms. The predicted molar refractivity (Wildman–Crippen MR) is 78.4 cm³/mol. The highest BCUT2D eigenvalue weighted by Gasteiger charge is 2.28. The van der Waals surface area contributed by atoms with Crippen LogP contribution in [0, 0.1) is 18.2 Å². The molecule has 0 bridgehead atoms. The SMILES string of the molecule is Cc1ccc(C(C)N2Cc3ccccc3C2=N)cc1F. The first-order valence-corrected chi connectivity index (χ1v) is 6.77. The van der Waals surface area contributed by atoms with Crippen molar-refractivity contribution in [2.24, 2.45) is 0 Å². The fraction of sp³-hybridized carbons (Fsp3) is 0.235. The first-order valence-electron chi connectivity index (χ1n) is 6.77. The van der Waals surface area contributed by atoms with Gasteiger partial charge in [0, 0.05) is 12.1 Å². The Bertz CT molecular complexity index is 678. The topological polar surface area (TPSA) is 27.1 Å². The summed E-state index contributed by atoms with van der Waals surface area (Å²) in [5, 5.41) is 8.30. The van der Waals surface area contributed by atoms with Crippen molar-refractivity contribution in [2.45, 2.75) is 26.4 Å². The highest BCUT2D eigenvalue weighted by molar-refractivity contribution is 6.00. The summed E-state index contributed by atoms with van der Waals surface area (Å²) in [7, 11) is 0. The van der Waals surface area contributed by atoms with E-state index in [0.29, 0.717) is 17.9 Å². The molecular weight excluding hydrogens is 251 g/mol. The van der Waals surface area contributed by atoms with E-state index in [0.717, 1.165) is 16.7 Å².